The molecule has 0 saturated heterocycles. The van der Waals surface area contributed by atoms with E-state index in [4.69, 9.17) is 0 Å². The molecule has 88 valence electrons. The van der Waals surface area contributed by atoms with Crippen LogP contribution in [0, 0.1) is 0 Å². The van der Waals surface area contributed by atoms with Gasteiger partial charge in [-0.15, -0.1) is 0 Å². The molecule has 1 aliphatic carbocycles. The van der Waals surface area contributed by atoms with Crippen LogP contribution in [0.1, 0.15) is 25.3 Å². The van der Waals surface area contributed by atoms with Crippen molar-refractivity contribution in [3.05, 3.63) is 28.2 Å². The smallest absolute Gasteiger partial charge is 0.0425 e. The second-order valence-electron chi connectivity index (χ2n) is 4.32. The Morgan fingerprint density at radius 2 is 2.19 bits per heavy atom. The zero-order valence-electron chi connectivity index (χ0n) is 9.96. The average molecular weight is 283 g/mol. The highest BCUT2D eigenvalue weighted by Crippen LogP contribution is 2.34. The van der Waals surface area contributed by atoms with Crippen LogP contribution in [-0.4, -0.2) is 19.6 Å². The summed E-state index contributed by atoms with van der Waals surface area (Å²) in [6, 6.07) is 7.35. The monoisotopic (exact) mass is 282 g/mol. The molecular weight excluding hydrogens is 264 g/mol. The van der Waals surface area contributed by atoms with Gasteiger partial charge in [0.15, 0.2) is 0 Å². The minimum Gasteiger partial charge on any atom is -0.369 e. The summed E-state index contributed by atoms with van der Waals surface area (Å²) in [6.45, 7) is 4.27. The summed E-state index contributed by atoms with van der Waals surface area (Å²) < 4.78 is 1.17. The quantitative estimate of drug-likeness (QED) is 0.893. The normalized spacial score (nSPS) is 15.2. The van der Waals surface area contributed by atoms with E-state index in [2.05, 4.69) is 51.3 Å². The van der Waals surface area contributed by atoms with E-state index in [1.54, 1.807) is 0 Å². The highest BCUT2D eigenvalue weighted by atomic mass is 79.9. The second-order valence-corrected chi connectivity index (χ2v) is 5.24. The Hall–Kier alpha value is -0.540. The highest BCUT2D eigenvalue weighted by molar-refractivity contribution is 9.10. The topological polar surface area (TPSA) is 15.3 Å². The van der Waals surface area contributed by atoms with Gasteiger partial charge in [0, 0.05) is 29.3 Å². The Morgan fingerprint density at radius 3 is 2.75 bits per heavy atom. The first-order valence-corrected chi connectivity index (χ1v) is 6.75. The molecule has 2 nitrogen and oxygen atoms in total. The molecule has 0 bridgehead atoms. The molecule has 0 aromatic heterocycles. The molecule has 0 radical (unpaired) electrons. The lowest BCUT2D eigenvalue weighted by atomic mass is 10.1. The first-order chi connectivity index (χ1) is 7.76. The summed E-state index contributed by atoms with van der Waals surface area (Å²) >= 11 is 3.57. The maximum atomic E-state index is 3.57. The number of benzene rings is 1. The Balaban J connectivity index is 2.30. The largest absolute Gasteiger partial charge is 0.369 e. The molecule has 0 spiro atoms. The van der Waals surface area contributed by atoms with E-state index in [0.717, 1.165) is 19.1 Å². The van der Waals surface area contributed by atoms with Gasteiger partial charge < -0.3 is 10.2 Å². The molecule has 1 fully saturated rings. The van der Waals surface area contributed by atoms with Crippen molar-refractivity contribution in [2.75, 3.05) is 18.5 Å². The van der Waals surface area contributed by atoms with Gasteiger partial charge in [0.25, 0.3) is 0 Å². The van der Waals surface area contributed by atoms with Gasteiger partial charge in [-0.25, -0.2) is 0 Å². The summed E-state index contributed by atoms with van der Waals surface area (Å²) in [4.78, 5) is 2.53. The van der Waals surface area contributed by atoms with Gasteiger partial charge in [0.1, 0.15) is 0 Å². The number of hydrogen-bond donors (Lipinski definition) is 1. The van der Waals surface area contributed by atoms with Crippen molar-refractivity contribution in [2.45, 2.75) is 32.4 Å². The van der Waals surface area contributed by atoms with Crippen molar-refractivity contribution in [3.63, 3.8) is 0 Å². The van der Waals surface area contributed by atoms with Gasteiger partial charge in [-0.2, -0.15) is 0 Å². The molecule has 0 atom stereocenters. The summed E-state index contributed by atoms with van der Waals surface area (Å²) in [5.74, 6) is 0. The predicted molar refractivity (Wildman–Crippen MR) is 72.9 cm³/mol. The van der Waals surface area contributed by atoms with E-state index in [1.807, 2.05) is 7.05 Å². The average Bonchev–Trinajstić information content (AvgIpc) is 3.07. The van der Waals surface area contributed by atoms with Crippen molar-refractivity contribution in [2.24, 2.45) is 0 Å². The van der Waals surface area contributed by atoms with Gasteiger partial charge in [-0.1, -0.05) is 22.0 Å². The second kappa shape index (κ2) is 5.19. The van der Waals surface area contributed by atoms with Gasteiger partial charge in [0.2, 0.25) is 0 Å². The Morgan fingerprint density at radius 1 is 1.44 bits per heavy atom. The molecule has 0 amide bonds. The van der Waals surface area contributed by atoms with Crippen molar-refractivity contribution >= 4 is 21.6 Å². The fourth-order valence-electron chi connectivity index (χ4n) is 2.16. The molecule has 2 rings (SSSR count). The molecular formula is C13H19BrN2. The highest BCUT2D eigenvalue weighted by Gasteiger charge is 2.29. The number of anilines is 1. The first kappa shape index (κ1) is 11.9. The summed E-state index contributed by atoms with van der Waals surface area (Å²) in [5.41, 5.74) is 2.77. The summed E-state index contributed by atoms with van der Waals surface area (Å²) in [6.07, 6.45) is 2.69. The van der Waals surface area contributed by atoms with E-state index in [-0.39, 0.29) is 0 Å². The molecule has 1 saturated carbocycles. The minimum atomic E-state index is 0.773. The van der Waals surface area contributed by atoms with Crippen molar-refractivity contribution in [3.8, 4) is 0 Å². The van der Waals surface area contributed by atoms with E-state index < -0.39 is 0 Å². The van der Waals surface area contributed by atoms with Crippen LogP contribution >= 0.6 is 15.9 Å². The van der Waals surface area contributed by atoms with E-state index in [1.165, 1.54) is 28.6 Å². The fourth-order valence-corrected chi connectivity index (χ4v) is 2.50. The third-order valence-corrected chi connectivity index (χ3v) is 3.55. The standard InChI is InChI=1S/C13H19BrN2/c1-3-16(12-6-7-12)13-8-11(14)5-4-10(13)9-15-2/h4-5,8,12,15H,3,6-7,9H2,1-2H3. The van der Waals surface area contributed by atoms with Crippen LogP contribution in [-0.2, 0) is 6.54 Å². The number of nitrogens with zero attached hydrogens (tertiary/aromatic N) is 1. The van der Waals surface area contributed by atoms with Crippen molar-refractivity contribution < 1.29 is 0 Å². The lowest BCUT2D eigenvalue weighted by Crippen LogP contribution is -2.26. The summed E-state index contributed by atoms with van der Waals surface area (Å²) in [5, 5.41) is 3.24. The lowest BCUT2D eigenvalue weighted by molar-refractivity contribution is 0.782. The van der Waals surface area contributed by atoms with Crippen molar-refractivity contribution in [1.29, 1.82) is 0 Å². The Bertz CT molecular complexity index is 361. The van der Waals surface area contributed by atoms with Crippen molar-refractivity contribution in [1.82, 2.24) is 5.32 Å². The molecule has 1 aliphatic rings. The van der Waals surface area contributed by atoms with Gasteiger partial charge in [-0.3, -0.25) is 0 Å². The van der Waals surface area contributed by atoms with Gasteiger partial charge in [-0.05, 0) is 44.5 Å². The zero-order valence-corrected chi connectivity index (χ0v) is 11.5. The molecule has 0 heterocycles. The van der Waals surface area contributed by atoms with Gasteiger partial charge in [0.05, 0.1) is 0 Å². The van der Waals surface area contributed by atoms with Crippen LogP contribution < -0.4 is 10.2 Å². The van der Waals surface area contributed by atoms with E-state index in [0.29, 0.717) is 0 Å². The predicted octanol–water partition coefficient (Wildman–Crippen LogP) is 3.16. The number of nitrogens with one attached hydrogen (secondary N) is 1. The van der Waals surface area contributed by atoms with Crippen LogP contribution in [0.15, 0.2) is 22.7 Å². The summed E-state index contributed by atoms with van der Waals surface area (Å²) in [7, 11) is 2.00. The SMILES string of the molecule is CCN(c1cc(Br)ccc1CNC)C1CC1. The number of hydrogen-bond acceptors (Lipinski definition) is 2. The molecule has 1 N–H and O–H groups in total. The van der Waals surface area contributed by atoms with Crippen LogP contribution in [0.4, 0.5) is 5.69 Å². The molecule has 1 aromatic rings. The van der Waals surface area contributed by atoms with Crippen LogP contribution in [0.2, 0.25) is 0 Å². The minimum absolute atomic E-state index is 0.773. The first-order valence-electron chi connectivity index (χ1n) is 5.96. The number of rotatable bonds is 5. The maximum Gasteiger partial charge on any atom is 0.0425 e. The van der Waals surface area contributed by atoms with E-state index in [9.17, 15) is 0 Å². The third-order valence-electron chi connectivity index (χ3n) is 3.05. The Kier molecular flexibility index (Phi) is 3.87. The van der Waals surface area contributed by atoms with Crippen LogP contribution in [0.3, 0.4) is 0 Å². The van der Waals surface area contributed by atoms with Crippen LogP contribution in [0.25, 0.3) is 0 Å². The third kappa shape index (κ3) is 2.58. The molecule has 3 heteroatoms. The molecule has 0 unspecified atom stereocenters. The maximum absolute atomic E-state index is 3.57. The van der Waals surface area contributed by atoms with E-state index >= 15 is 0 Å². The lowest BCUT2D eigenvalue weighted by Gasteiger charge is -2.26. The molecule has 0 aliphatic heterocycles. The van der Waals surface area contributed by atoms with Gasteiger partial charge >= 0.3 is 0 Å². The Labute approximate surface area is 106 Å². The molecule has 16 heavy (non-hydrogen) atoms. The zero-order chi connectivity index (χ0) is 11.5. The van der Waals surface area contributed by atoms with Crippen LogP contribution in [0.5, 0.6) is 0 Å². The molecule has 1 aromatic carbocycles. The number of halogens is 1. The fraction of sp³-hybridized carbons (Fsp3) is 0.538.